The summed E-state index contributed by atoms with van der Waals surface area (Å²) in [4.78, 5) is 7.97. The van der Waals surface area contributed by atoms with Crippen molar-refractivity contribution < 1.29 is 4.74 Å². The summed E-state index contributed by atoms with van der Waals surface area (Å²) in [7, 11) is 0. The van der Waals surface area contributed by atoms with Crippen molar-refractivity contribution in [3.8, 4) is 6.01 Å². The standard InChI is InChI=1S/C12H18ClN3O.ClH/c13-11-5-7-15-12(16-11)17-8-2-4-10-3-1-6-14-9-10;/h5,7,10,14H,1-4,6,8-9H2;1H. The van der Waals surface area contributed by atoms with Crippen molar-refractivity contribution in [3.63, 3.8) is 0 Å². The lowest BCUT2D eigenvalue weighted by atomic mass is 9.95. The molecule has 1 saturated heterocycles. The van der Waals surface area contributed by atoms with Crippen molar-refractivity contribution in [1.82, 2.24) is 15.3 Å². The smallest absolute Gasteiger partial charge is 0.317 e. The van der Waals surface area contributed by atoms with Crippen LogP contribution < -0.4 is 10.1 Å². The zero-order valence-electron chi connectivity index (χ0n) is 10.3. The zero-order chi connectivity index (χ0) is 11.9. The monoisotopic (exact) mass is 291 g/mol. The van der Waals surface area contributed by atoms with Crippen LogP contribution in [0.5, 0.6) is 6.01 Å². The lowest BCUT2D eigenvalue weighted by molar-refractivity contribution is 0.260. The molecule has 1 unspecified atom stereocenters. The maximum atomic E-state index is 5.74. The van der Waals surface area contributed by atoms with Gasteiger partial charge in [0, 0.05) is 6.20 Å². The molecule has 2 rings (SSSR count). The van der Waals surface area contributed by atoms with Crippen LogP contribution in [-0.2, 0) is 0 Å². The van der Waals surface area contributed by atoms with Crippen LogP contribution in [0.2, 0.25) is 5.15 Å². The summed E-state index contributed by atoms with van der Waals surface area (Å²) in [6, 6.07) is 2.02. The average Bonchev–Trinajstić information content (AvgIpc) is 2.36. The summed E-state index contributed by atoms with van der Waals surface area (Å²) in [5, 5.41) is 3.84. The minimum absolute atomic E-state index is 0. The van der Waals surface area contributed by atoms with E-state index in [0.717, 1.165) is 18.9 Å². The summed E-state index contributed by atoms with van der Waals surface area (Å²) in [5.74, 6) is 0.799. The Kier molecular flexibility index (Phi) is 7.32. The van der Waals surface area contributed by atoms with E-state index in [1.54, 1.807) is 12.3 Å². The van der Waals surface area contributed by atoms with Gasteiger partial charge in [-0.25, -0.2) is 4.98 Å². The Morgan fingerprint density at radius 2 is 2.39 bits per heavy atom. The highest BCUT2D eigenvalue weighted by Gasteiger charge is 2.12. The SMILES string of the molecule is Cl.Clc1ccnc(OCCCC2CCCNC2)n1. The summed E-state index contributed by atoms with van der Waals surface area (Å²) < 4.78 is 5.45. The van der Waals surface area contributed by atoms with Crippen LogP contribution in [0.15, 0.2) is 12.3 Å². The van der Waals surface area contributed by atoms with Crippen molar-refractivity contribution in [2.75, 3.05) is 19.7 Å². The fraction of sp³-hybridized carbons (Fsp3) is 0.667. The third kappa shape index (κ3) is 5.38. The number of nitrogens with one attached hydrogen (secondary N) is 1. The van der Waals surface area contributed by atoms with Crippen molar-refractivity contribution in [2.24, 2.45) is 5.92 Å². The first-order chi connectivity index (χ1) is 8.34. The second kappa shape index (κ2) is 8.51. The normalized spacial score (nSPS) is 19.1. The topological polar surface area (TPSA) is 47.0 Å². The number of hydrogen-bond donors (Lipinski definition) is 1. The van der Waals surface area contributed by atoms with Crippen LogP contribution in [0.1, 0.15) is 25.7 Å². The van der Waals surface area contributed by atoms with E-state index in [4.69, 9.17) is 16.3 Å². The molecule has 0 aliphatic carbocycles. The molecule has 0 bridgehead atoms. The van der Waals surface area contributed by atoms with Crippen molar-refractivity contribution in [2.45, 2.75) is 25.7 Å². The summed E-state index contributed by atoms with van der Waals surface area (Å²) in [6.07, 6.45) is 6.48. The van der Waals surface area contributed by atoms with Gasteiger partial charge in [-0.3, -0.25) is 0 Å². The van der Waals surface area contributed by atoms with E-state index in [1.165, 1.54) is 25.8 Å². The molecular formula is C12H19Cl2N3O. The summed E-state index contributed by atoms with van der Waals surface area (Å²) in [6.45, 7) is 2.98. The molecule has 1 aromatic rings. The average molecular weight is 292 g/mol. The van der Waals surface area contributed by atoms with Gasteiger partial charge in [-0.1, -0.05) is 11.6 Å². The van der Waals surface area contributed by atoms with Gasteiger partial charge in [0.05, 0.1) is 6.61 Å². The first kappa shape index (κ1) is 15.5. The zero-order valence-corrected chi connectivity index (χ0v) is 11.8. The van der Waals surface area contributed by atoms with Gasteiger partial charge in [-0.05, 0) is 50.8 Å². The van der Waals surface area contributed by atoms with Crippen molar-refractivity contribution in [1.29, 1.82) is 0 Å². The molecule has 2 heterocycles. The fourth-order valence-electron chi connectivity index (χ4n) is 2.10. The van der Waals surface area contributed by atoms with E-state index in [-0.39, 0.29) is 12.4 Å². The van der Waals surface area contributed by atoms with E-state index >= 15 is 0 Å². The van der Waals surface area contributed by atoms with Crippen molar-refractivity contribution >= 4 is 24.0 Å². The molecule has 1 atom stereocenters. The molecule has 0 radical (unpaired) electrons. The Bertz CT molecular complexity index is 346. The van der Waals surface area contributed by atoms with E-state index in [9.17, 15) is 0 Å². The van der Waals surface area contributed by atoms with Crippen LogP contribution >= 0.6 is 24.0 Å². The van der Waals surface area contributed by atoms with Crippen LogP contribution in [0.3, 0.4) is 0 Å². The predicted molar refractivity (Wildman–Crippen MR) is 74.6 cm³/mol. The van der Waals surface area contributed by atoms with E-state index in [0.29, 0.717) is 17.8 Å². The lowest BCUT2D eigenvalue weighted by Crippen LogP contribution is -2.29. The van der Waals surface area contributed by atoms with E-state index < -0.39 is 0 Å². The van der Waals surface area contributed by atoms with E-state index in [2.05, 4.69) is 15.3 Å². The number of piperidine rings is 1. The Morgan fingerprint density at radius 1 is 1.50 bits per heavy atom. The van der Waals surface area contributed by atoms with Crippen LogP contribution in [-0.4, -0.2) is 29.7 Å². The molecule has 1 aromatic heterocycles. The number of halogens is 2. The van der Waals surface area contributed by atoms with Gasteiger partial charge < -0.3 is 10.1 Å². The molecule has 0 saturated carbocycles. The minimum Gasteiger partial charge on any atom is -0.463 e. The van der Waals surface area contributed by atoms with Crippen LogP contribution in [0.4, 0.5) is 0 Å². The molecule has 1 fully saturated rings. The first-order valence-corrected chi connectivity index (χ1v) is 6.54. The highest BCUT2D eigenvalue weighted by atomic mass is 35.5. The summed E-state index contributed by atoms with van der Waals surface area (Å²) >= 11 is 5.74. The number of aromatic nitrogens is 2. The number of hydrogen-bond acceptors (Lipinski definition) is 4. The maximum Gasteiger partial charge on any atom is 0.317 e. The second-order valence-electron chi connectivity index (χ2n) is 4.37. The van der Waals surface area contributed by atoms with Gasteiger partial charge in [0.1, 0.15) is 5.15 Å². The van der Waals surface area contributed by atoms with E-state index in [1.807, 2.05) is 0 Å². The molecule has 0 amide bonds. The third-order valence-electron chi connectivity index (χ3n) is 2.99. The molecule has 1 N–H and O–H groups in total. The van der Waals surface area contributed by atoms with Crippen molar-refractivity contribution in [3.05, 3.63) is 17.4 Å². The molecule has 102 valence electrons. The molecule has 4 nitrogen and oxygen atoms in total. The highest BCUT2D eigenvalue weighted by Crippen LogP contribution is 2.16. The molecule has 1 aliphatic rings. The third-order valence-corrected chi connectivity index (χ3v) is 3.20. The molecule has 6 heteroatoms. The molecule has 0 aromatic carbocycles. The van der Waals surface area contributed by atoms with Gasteiger partial charge in [-0.2, -0.15) is 4.98 Å². The minimum atomic E-state index is 0. The van der Waals surface area contributed by atoms with Gasteiger partial charge >= 0.3 is 6.01 Å². The van der Waals surface area contributed by atoms with Gasteiger partial charge in [0.15, 0.2) is 0 Å². The number of rotatable bonds is 5. The quantitative estimate of drug-likeness (QED) is 0.669. The lowest BCUT2D eigenvalue weighted by Gasteiger charge is -2.22. The Balaban J connectivity index is 0.00000162. The number of ether oxygens (including phenoxy) is 1. The Hall–Kier alpha value is -0.580. The molecular weight excluding hydrogens is 273 g/mol. The molecule has 18 heavy (non-hydrogen) atoms. The number of nitrogens with zero attached hydrogens (tertiary/aromatic N) is 2. The van der Waals surface area contributed by atoms with Crippen LogP contribution in [0, 0.1) is 5.92 Å². The van der Waals surface area contributed by atoms with Gasteiger partial charge in [0.2, 0.25) is 0 Å². The Labute approximate surface area is 119 Å². The maximum absolute atomic E-state index is 5.74. The summed E-state index contributed by atoms with van der Waals surface area (Å²) in [5.41, 5.74) is 0. The largest absolute Gasteiger partial charge is 0.463 e. The highest BCUT2D eigenvalue weighted by molar-refractivity contribution is 6.29. The Morgan fingerprint density at radius 3 is 3.11 bits per heavy atom. The van der Waals surface area contributed by atoms with Gasteiger partial charge in [-0.15, -0.1) is 12.4 Å². The molecule has 1 aliphatic heterocycles. The van der Waals surface area contributed by atoms with Crippen LogP contribution in [0.25, 0.3) is 0 Å². The second-order valence-corrected chi connectivity index (χ2v) is 4.75. The van der Waals surface area contributed by atoms with Gasteiger partial charge in [0.25, 0.3) is 0 Å². The molecule has 0 spiro atoms. The predicted octanol–water partition coefficient (Wildman–Crippen LogP) is 2.71. The first-order valence-electron chi connectivity index (χ1n) is 6.16. The fourth-order valence-corrected chi connectivity index (χ4v) is 2.22.